The van der Waals surface area contributed by atoms with Crippen LogP contribution < -0.4 is 5.69 Å². The van der Waals surface area contributed by atoms with Crippen molar-refractivity contribution in [2.75, 3.05) is 13.1 Å². The van der Waals surface area contributed by atoms with E-state index in [0.717, 1.165) is 56.0 Å². The second-order valence-electron chi connectivity index (χ2n) is 10.2. The Labute approximate surface area is 253 Å². The minimum atomic E-state index is -0.0941. The van der Waals surface area contributed by atoms with Gasteiger partial charge in [0.2, 0.25) is 0 Å². The third-order valence-electron chi connectivity index (χ3n) is 7.47. The summed E-state index contributed by atoms with van der Waals surface area (Å²) in [6, 6.07) is 20.2. The molecule has 7 rings (SSSR count). The molecular weight excluding hydrogens is 587 g/mol. The van der Waals surface area contributed by atoms with Crippen LogP contribution in [-0.2, 0) is 5.75 Å². The molecule has 1 saturated heterocycles. The topological polar surface area (TPSA) is 102 Å². The molecule has 0 unspecified atom stereocenters. The van der Waals surface area contributed by atoms with Gasteiger partial charge < -0.3 is 9.88 Å². The summed E-state index contributed by atoms with van der Waals surface area (Å²) in [5, 5.41) is 14.6. The number of hydrogen-bond donors (Lipinski definition) is 1. The molecule has 1 aliphatic rings. The average molecular weight is 614 g/mol. The van der Waals surface area contributed by atoms with Crippen molar-refractivity contribution in [1.82, 2.24) is 34.2 Å². The number of rotatable bonds is 7. The predicted molar refractivity (Wildman–Crippen MR) is 168 cm³/mol. The standard InChI is InChI=1S/C30H27N7O2S3/c1-19-6-4-7-21(16-19)37-27(25-10-5-15-40-25)33-34-30(37)42-18-26-31-23(17-41-26)28(38)35-13-11-20(12-14-35)36-24-9-3-2-8-22(24)32-29(36)39/h2-10,15-17,20H,11-14,18H2,1H3,(H,32,39). The van der Waals surface area contributed by atoms with Crippen LogP contribution in [0.4, 0.5) is 0 Å². The van der Waals surface area contributed by atoms with Gasteiger partial charge in [-0.3, -0.25) is 13.9 Å². The average Bonchev–Trinajstić information content (AvgIpc) is 3.81. The molecule has 42 heavy (non-hydrogen) atoms. The van der Waals surface area contributed by atoms with Crippen LogP contribution in [0.5, 0.6) is 0 Å². The Kier molecular flexibility index (Phi) is 7.26. The quantitative estimate of drug-likeness (QED) is 0.216. The fourth-order valence-corrected chi connectivity index (χ4v) is 7.89. The second-order valence-corrected chi connectivity index (χ2v) is 13.0. The molecule has 1 fully saturated rings. The number of nitrogens with zero attached hydrogens (tertiary/aromatic N) is 6. The third kappa shape index (κ3) is 5.10. The lowest BCUT2D eigenvalue weighted by atomic mass is 10.0. The molecule has 0 bridgehead atoms. The van der Waals surface area contributed by atoms with Crippen molar-refractivity contribution in [3.63, 3.8) is 0 Å². The highest BCUT2D eigenvalue weighted by molar-refractivity contribution is 7.98. The molecule has 1 aliphatic heterocycles. The number of amides is 1. The first kappa shape index (κ1) is 26.9. The van der Waals surface area contributed by atoms with Gasteiger partial charge in [0.05, 0.1) is 27.4 Å². The number of carbonyl (C=O) groups excluding carboxylic acids is 1. The Hall–Kier alpha value is -4.00. The SMILES string of the molecule is Cc1cccc(-n2c(SCc3nc(C(=O)N4CCC(n5c(=O)[nH]c6ccccc65)CC4)cs3)nnc2-c2cccs2)c1. The van der Waals surface area contributed by atoms with E-state index in [4.69, 9.17) is 0 Å². The summed E-state index contributed by atoms with van der Waals surface area (Å²) in [4.78, 5) is 36.5. The summed E-state index contributed by atoms with van der Waals surface area (Å²) >= 11 is 4.68. The van der Waals surface area contributed by atoms with E-state index in [0.29, 0.717) is 24.5 Å². The third-order valence-corrected chi connectivity index (χ3v) is 10.3. The highest BCUT2D eigenvalue weighted by Gasteiger charge is 2.28. The highest BCUT2D eigenvalue weighted by atomic mass is 32.2. The first-order valence-corrected chi connectivity index (χ1v) is 16.4. The van der Waals surface area contributed by atoms with E-state index in [1.807, 2.05) is 56.6 Å². The maximum absolute atomic E-state index is 13.3. The molecule has 0 radical (unpaired) electrons. The van der Waals surface area contributed by atoms with Gasteiger partial charge in [0.25, 0.3) is 5.91 Å². The number of piperidine rings is 1. The number of likely N-dealkylation sites (tertiary alicyclic amines) is 1. The summed E-state index contributed by atoms with van der Waals surface area (Å²) in [5.74, 6) is 1.33. The number of aromatic nitrogens is 6. The molecule has 0 aliphatic carbocycles. The number of hydrogen-bond acceptors (Lipinski definition) is 8. The monoisotopic (exact) mass is 613 g/mol. The first-order valence-electron chi connectivity index (χ1n) is 13.7. The van der Waals surface area contributed by atoms with E-state index >= 15 is 0 Å². The minimum Gasteiger partial charge on any atom is -0.337 e. The summed E-state index contributed by atoms with van der Waals surface area (Å²) in [5.41, 5.74) is 4.30. The van der Waals surface area contributed by atoms with Crippen LogP contribution in [0.15, 0.2) is 81.4 Å². The van der Waals surface area contributed by atoms with Crippen molar-refractivity contribution < 1.29 is 4.79 Å². The zero-order valence-electron chi connectivity index (χ0n) is 22.8. The van der Waals surface area contributed by atoms with Crippen LogP contribution in [0, 0.1) is 6.92 Å². The summed E-state index contributed by atoms with van der Waals surface area (Å²) < 4.78 is 3.93. The zero-order chi connectivity index (χ0) is 28.6. The van der Waals surface area contributed by atoms with Gasteiger partial charge in [0.15, 0.2) is 11.0 Å². The summed E-state index contributed by atoms with van der Waals surface area (Å²) in [7, 11) is 0. The lowest BCUT2D eigenvalue weighted by Gasteiger charge is -2.32. The summed E-state index contributed by atoms with van der Waals surface area (Å²) in [6.07, 6.45) is 1.45. The van der Waals surface area contributed by atoms with Gasteiger partial charge in [-0.2, -0.15) is 0 Å². The molecule has 0 saturated carbocycles. The number of fused-ring (bicyclic) bond motifs is 1. The van der Waals surface area contributed by atoms with Crippen LogP contribution >= 0.6 is 34.4 Å². The fourth-order valence-electron chi connectivity index (χ4n) is 5.46. The van der Waals surface area contributed by atoms with Crippen LogP contribution in [-0.4, -0.2) is 53.2 Å². The molecule has 4 aromatic heterocycles. The van der Waals surface area contributed by atoms with Crippen LogP contribution in [0.1, 0.15) is 39.9 Å². The van der Waals surface area contributed by atoms with Crippen LogP contribution in [0.2, 0.25) is 0 Å². The number of benzene rings is 2. The molecule has 1 N–H and O–H groups in total. The van der Waals surface area contributed by atoms with E-state index in [9.17, 15) is 9.59 Å². The molecule has 5 heterocycles. The number of para-hydroxylation sites is 2. The predicted octanol–water partition coefficient (Wildman–Crippen LogP) is 6.17. The number of carbonyl (C=O) groups is 1. The highest BCUT2D eigenvalue weighted by Crippen LogP contribution is 2.33. The second kappa shape index (κ2) is 11.3. The Balaban J connectivity index is 1.03. The molecule has 0 atom stereocenters. The Bertz CT molecular complexity index is 1930. The molecule has 1 amide bonds. The maximum atomic E-state index is 13.3. The van der Waals surface area contributed by atoms with Gasteiger partial charge in [0, 0.05) is 24.5 Å². The lowest BCUT2D eigenvalue weighted by Crippen LogP contribution is -2.40. The number of thioether (sulfide) groups is 1. The number of thiophene rings is 1. The summed E-state index contributed by atoms with van der Waals surface area (Å²) in [6.45, 7) is 3.24. The van der Waals surface area contributed by atoms with Crippen LogP contribution in [0.25, 0.3) is 27.4 Å². The zero-order valence-corrected chi connectivity index (χ0v) is 25.2. The smallest absolute Gasteiger partial charge is 0.326 e. The number of aromatic amines is 1. The van der Waals surface area contributed by atoms with Gasteiger partial charge in [-0.05, 0) is 61.0 Å². The van der Waals surface area contributed by atoms with Crippen molar-refractivity contribution in [2.24, 2.45) is 0 Å². The molecule has 212 valence electrons. The molecule has 12 heteroatoms. The molecular formula is C30H27N7O2S3. The number of nitrogens with one attached hydrogen (secondary N) is 1. The fraction of sp³-hybridized carbons (Fsp3) is 0.233. The van der Waals surface area contributed by atoms with Gasteiger partial charge in [-0.15, -0.1) is 32.9 Å². The van der Waals surface area contributed by atoms with Crippen molar-refractivity contribution in [2.45, 2.75) is 36.7 Å². The Morgan fingerprint density at radius 2 is 1.90 bits per heavy atom. The van der Waals surface area contributed by atoms with Gasteiger partial charge in [-0.25, -0.2) is 9.78 Å². The van der Waals surface area contributed by atoms with Gasteiger partial charge >= 0.3 is 5.69 Å². The molecule has 6 aromatic rings. The Morgan fingerprint density at radius 3 is 2.71 bits per heavy atom. The van der Waals surface area contributed by atoms with Crippen molar-refractivity contribution in [3.05, 3.63) is 98.2 Å². The molecule has 2 aromatic carbocycles. The number of H-pyrrole nitrogens is 1. The number of thiazole rings is 1. The first-order chi connectivity index (χ1) is 20.5. The van der Waals surface area contributed by atoms with Gasteiger partial charge in [-0.1, -0.05) is 42.1 Å². The van der Waals surface area contributed by atoms with E-state index in [1.165, 1.54) is 11.3 Å². The Morgan fingerprint density at radius 1 is 1.05 bits per heavy atom. The van der Waals surface area contributed by atoms with Crippen molar-refractivity contribution >= 4 is 51.4 Å². The molecule has 9 nitrogen and oxygen atoms in total. The van der Waals surface area contributed by atoms with E-state index in [2.05, 4.69) is 55.9 Å². The van der Waals surface area contributed by atoms with E-state index in [1.54, 1.807) is 23.1 Å². The van der Waals surface area contributed by atoms with Crippen LogP contribution in [0.3, 0.4) is 0 Å². The maximum Gasteiger partial charge on any atom is 0.326 e. The number of imidazole rings is 1. The van der Waals surface area contributed by atoms with Gasteiger partial charge in [0.1, 0.15) is 10.7 Å². The van der Waals surface area contributed by atoms with Crippen molar-refractivity contribution in [3.8, 4) is 16.4 Å². The lowest BCUT2D eigenvalue weighted by molar-refractivity contribution is 0.0689. The normalized spacial score (nSPS) is 14.2. The van der Waals surface area contributed by atoms with E-state index in [-0.39, 0.29) is 17.6 Å². The number of aryl methyl sites for hydroxylation is 1. The van der Waals surface area contributed by atoms with E-state index < -0.39 is 0 Å². The molecule has 0 spiro atoms. The minimum absolute atomic E-state index is 0.0601. The largest absolute Gasteiger partial charge is 0.337 e. The van der Waals surface area contributed by atoms with Crippen molar-refractivity contribution in [1.29, 1.82) is 0 Å².